The fraction of sp³-hybridized carbons (Fsp3) is 0.348. The van der Waals surface area contributed by atoms with E-state index in [9.17, 15) is 14.4 Å². The zero-order chi connectivity index (χ0) is 20.6. The Labute approximate surface area is 170 Å². The van der Waals surface area contributed by atoms with Crippen LogP contribution >= 0.6 is 0 Å². The molecular weight excluding hydrogens is 368 g/mol. The number of amides is 2. The monoisotopic (exact) mass is 394 g/mol. The molecule has 0 saturated heterocycles. The van der Waals surface area contributed by atoms with E-state index in [4.69, 9.17) is 5.11 Å². The summed E-state index contributed by atoms with van der Waals surface area (Å²) in [6, 6.07) is 17.1. The van der Waals surface area contributed by atoms with Crippen molar-refractivity contribution in [3.63, 3.8) is 0 Å². The molecule has 6 nitrogen and oxygen atoms in total. The number of aliphatic carboxylic acids is 1. The lowest BCUT2D eigenvalue weighted by molar-refractivity contribution is -0.137. The molecule has 3 rings (SSSR count). The highest BCUT2D eigenvalue weighted by Crippen LogP contribution is 2.27. The minimum atomic E-state index is -0.880. The first kappa shape index (κ1) is 20.6. The number of para-hydroxylation sites is 1. The molecule has 152 valence electrons. The average Bonchev–Trinajstić information content (AvgIpc) is 2.71. The van der Waals surface area contributed by atoms with Gasteiger partial charge in [-0.1, -0.05) is 48.5 Å². The van der Waals surface area contributed by atoms with E-state index in [1.165, 1.54) is 0 Å². The summed E-state index contributed by atoms with van der Waals surface area (Å²) in [5, 5.41) is 14.9. The first-order chi connectivity index (χ1) is 14.0. The largest absolute Gasteiger partial charge is 0.481 e. The number of rotatable bonds is 9. The Morgan fingerprint density at radius 1 is 1.07 bits per heavy atom. The van der Waals surface area contributed by atoms with Crippen molar-refractivity contribution in [3.05, 3.63) is 65.7 Å². The molecule has 2 aromatic carbocycles. The van der Waals surface area contributed by atoms with Crippen LogP contribution in [0.1, 0.15) is 36.8 Å². The fourth-order valence-electron chi connectivity index (χ4n) is 3.67. The van der Waals surface area contributed by atoms with Gasteiger partial charge < -0.3 is 15.7 Å². The highest BCUT2D eigenvalue weighted by atomic mass is 16.4. The van der Waals surface area contributed by atoms with Gasteiger partial charge in [0.25, 0.3) is 0 Å². The van der Waals surface area contributed by atoms with Crippen molar-refractivity contribution in [1.29, 1.82) is 0 Å². The smallest absolute Gasteiger partial charge is 0.303 e. The van der Waals surface area contributed by atoms with E-state index >= 15 is 0 Å². The number of hydrogen-bond donors (Lipinski definition) is 3. The van der Waals surface area contributed by atoms with Crippen LogP contribution in [0.25, 0.3) is 0 Å². The van der Waals surface area contributed by atoms with Crippen molar-refractivity contribution in [2.45, 2.75) is 44.6 Å². The molecule has 6 heteroatoms. The molecule has 1 heterocycles. The Morgan fingerprint density at radius 2 is 1.79 bits per heavy atom. The Kier molecular flexibility index (Phi) is 7.00. The van der Waals surface area contributed by atoms with Gasteiger partial charge >= 0.3 is 5.97 Å². The van der Waals surface area contributed by atoms with Crippen LogP contribution in [0.4, 0.5) is 5.69 Å². The molecule has 2 aromatic rings. The molecule has 3 N–H and O–H groups in total. The summed E-state index contributed by atoms with van der Waals surface area (Å²) in [7, 11) is 0. The van der Waals surface area contributed by atoms with Crippen LogP contribution in [-0.4, -0.2) is 28.9 Å². The summed E-state index contributed by atoms with van der Waals surface area (Å²) in [4.78, 5) is 35.7. The number of benzene rings is 2. The Balaban J connectivity index is 1.54. The minimum absolute atomic E-state index is 0.000402. The van der Waals surface area contributed by atoms with Crippen molar-refractivity contribution < 1.29 is 19.5 Å². The van der Waals surface area contributed by atoms with Gasteiger partial charge in [-0.15, -0.1) is 0 Å². The van der Waals surface area contributed by atoms with Crippen LogP contribution in [0.5, 0.6) is 0 Å². The number of carboxylic acid groups (broad SMARTS) is 1. The fourth-order valence-corrected chi connectivity index (χ4v) is 3.67. The van der Waals surface area contributed by atoms with Gasteiger partial charge in [0.1, 0.15) is 0 Å². The Morgan fingerprint density at radius 3 is 2.55 bits per heavy atom. The average molecular weight is 394 g/mol. The van der Waals surface area contributed by atoms with Crippen LogP contribution in [-0.2, 0) is 27.2 Å². The molecule has 29 heavy (non-hydrogen) atoms. The standard InChI is InChI=1S/C23H26N2O4/c26-21(12-10-18-15-17-8-4-5-9-20(17)25-23(18)29)24-19(11-13-22(27)28)14-16-6-2-1-3-7-16/h1-9,18-19H,10-15H2,(H,24,26)(H,25,29)(H,27,28). The maximum Gasteiger partial charge on any atom is 0.303 e. The first-order valence-corrected chi connectivity index (χ1v) is 9.95. The van der Waals surface area contributed by atoms with Gasteiger partial charge in [0.15, 0.2) is 0 Å². The summed E-state index contributed by atoms with van der Waals surface area (Å²) in [5.41, 5.74) is 2.97. The lowest BCUT2D eigenvalue weighted by atomic mass is 9.89. The molecule has 1 aliphatic rings. The second-order valence-electron chi connectivity index (χ2n) is 7.47. The summed E-state index contributed by atoms with van der Waals surface area (Å²) >= 11 is 0. The number of fused-ring (bicyclic) bond motifs is 1. The number of nitrogens with one attached hydrogen (secondary N) is 2. The molecule has 2 unspecified atom stereocenters. The normalized spacial score (nSPS) is 16.4. The van der Waals surface area contributed by atoms with E-state index in [0.717, 1.165) is 16.8 Å². The third kappa shape index (κ3) is 6.17. The second-order valence-corrected chi connectivity index (χ2v) is 7.47. The minimum Gasteiger partial charge on any atom is -0.481 e. The van der Waals surface area contributed by atoms with Crippen molar-refractivity contribution in [1.82, 2.24) is 5.32 Å². The van der Waals surface area contributed by atoms with Gasteiger partial charge in [-0.05, 0) is 42.9 Å². The molecule has 2 amide bonds. The topological polar surface area (TPSA) is 95.5 Å². The van der Waals surface area contributed by atoms with Crippen molar-refractivity contribution in [3.8, 4) is 0 Å². The number of hydrogen-bond acceptors (Lipinski definition) is 3. The zero-order valence-electron chi connectivity index (χ0n) is 16.3. The summed E-state index contributed by atoms with van der Waals surface area (Å²) in [6.07, 6.45) is 2.27. The van der Waals surface area contributed by atoms with Crippen LogP contribution < -0.4 is 10.6 Å². The van der Waals surface area contributed by atoms with Crippen molar-refractivity contribution in [2.75, 3.05) is 5.32 Å². The zero-order valence-corrected chi connectivity index (χ0v) is 16.3. The molecule has 0 aromatic heterocycles. The van der Waals surface area contributed by atoms with Gasteiger partial charge in [0, 0.05) is 30.5 Å². The van der Waals surface area contributed by atoms with Gasteiger partial charge in [0.2, 0.25) is 11.8 Å². The third-order valence-corrected chi connectivity index (χ3v) is 5.23. The lowest BCUT2D eigenvalue weighted by Crippen LogP contribution is -2.38. The van der Waals surface area contributed by atoms with Crippen LogP contribution in [0.2, 0.25) is 0 Å². The van der Waals surface area contributed by atoms with E-state index in [1.807, 2.05) is 54.6 Å². The summed E-state index contributed by atoms with van der Waals surface area (Å²) < 4.78 is 0. The molecule has 1 aliphatic heterocycles. The Bertz CT molecular complexity index is 866. The second kappa shape index (κ2) is 9.87. The summed E-state index contributed by atoms with van der Waals surface area (Å²) in [6.45, 7) is 0. The van der Waals surface area contributed by atoms with Crippen LogP contribution in [0.15, 0.2) is 54.6 Å². The molecule has 0 radical (unpaired) electrons. The first-order valence-electron chi connectivity index (χ1n) is 9.95. The van der Waals surface area contributed by atoms with Gasteiger partial charge in [-0.25, -0.2) is 0 Å². The van der Waals surface area contributed by atoms with Gasteiger partial charge in [0.05, 0.1) is 0 Å². The highest BCUT2D eigenvalue weighted by Gasteiger charge is 2.26. The predicted molar refractivity (Wildman–Crippen MR) is 110 cm³/mol. The Hall–Kier alpha value is -3.15. The van der Waals surface area contributed by atoms with Gasteiger partial charge in [-0.2, -0.15) is 0 Å². The van der Waals surface area contributed by atoms with E-state index in [1.54, 1.807) is 0 Å². The molecule has 0 fully saturated rings. The molecule has 0 aliphatic carbocycles. The third-order valence-electron chi connectivity index (χ3n) is 5.23. The number of carbonyl (C=O) groups excluding carboxylic acids is 2. The van der Waals surface area contributed by atoms with Gasteiger partial charge in [-0.3, -0.25) is 14.4 Å². The molecule has 0 bridgehead atoms. The maximum absolute atomic E-state index is 12.5. The van der Waals surface area contributed by atoms with E-state index in [2.05, 4.69) is 10.6 Å². The van der Waals surface area contributed by atoms with Crippen molar-refractivity contribution >= 4 is 23.5 Å². The predicted octanol–water partition coefficient (Wildman–Crippen LogP) is 3.17. The van der Waals surface area contributed by atoms with E-state index in [0.29, 0.717) is 25.7 Å². The van der Waals surface area contributed by atoms with Crippen LogP contribution in [0.3, 0.4) is 0 Å². The highest BCUT2D eigenvalue weighted by molar-refractivity contribution is 5.96. The van der Waals surface area contributed by atoms with E-state index < -0.39 is 5.97 Å². The summed E-state index contributed by atoms with van der Waals surface area (Å²) in [5.74, 6) is -1.32. The molecule has 0 spiro atoms. The van der Waals surface area contributed by atoms with E-state index in [-0.39, 0.29) is 36.6 Å². The maximum atomic E-state index is 12.5. The number of anilines is 1. The quantitative estimate of drug-likeness (QED) is 0.609. The molecule has 2 atom stereocenters. The SMILES string of the molecule is O=C(O)CCC(Cc1ccccc1)NC(=O)CCC1Cc2ccccc2NC1=O. The lowest BCUT2D eigenvalue weighted by Gasteiger charge is -2.25. The molecular formula is C23H26N2O4. The number of carboxylic acids is 1. The molecule has 0 saturated carbocycles. The van der Waals surface area contributed by atoms with Crippen LogP contribution in [0, 0.1) is 5.92 Å². The number of carbonyl (C=O) groups is 3. The van der Waals surface area contributed by atoms with Crippen molar-refractivity contribution in [2.24, 2.45) is 5.92 Å².